The van der Waals surface area contributed by atoms with E-state index in [1.807, 2.05) is 17.0 Å². The monoisotopic (exact) mass is 340 g/mol. The minimum atomic E-state index is -0.135. The van der Waals surface area contributed by atoms with Crippen LogP contribution in [0.5, 0.6) is 0 Å². The molecule has 2 saturated heterocycles. The number of fused-ring (bicyclic) bond motifs is 1. The minimum Gasteiger partial charge on any atom is -0.373 e. The van der Waals surface area contributed by atoms with E-state index in [1.165, 1.54) is 12.4 Å². The molecule has 1 amide bonds. The third kappa shape index (κ3) is 3.38. The predicted molar refractivity (Wildman–Crippen MR) is 88.6 cm³/mol. The number of hydrogen-bond donors (Lipinski definition) is 0. The predicted octanol–water partition coefficient (Wildman–Crippen LogP) is 1.46. The first-order valence-corrected chi connectivity index (χ1v) is 8.53. The van der Waals surface area contributed by atoms with Crippen molar-refractivity contribution in [3.63, 3.8) is 0 Å². The van der Waals surface area contributed by atoms with Gasteiger partial charge in [-0.2, -0.15) is 10.2 Å². The Morgan fingerprint density at radius 1 is 1.28 bits per heavy atom. The van der Waals surface area contributed by atoms with E-state index in [-0.39, 0.29) is 24.2 Å². The number of carbonyl (C=O) groups excluding carboxylic acids is 1. The van der Waals surface area contributed by atoms with Crippen LogP contribution in [0.1, 0.15) is 28.8 Å². The lowest BCUT2D eigenvalue weighted by Gasteiger charge is -2.32. The van der Waals surface area contributed by atoms with Gasteiger partial charge in [-0.3, -0.25) is 9.78 Å². The Bertz CT molecular complexity index is 713. The third-order valence-electron chi connectivity index (χ3n) is 4.76. The summed E-state index contributed by atoms with van der Waals surface area (Å²) in [5.41, 5.74) is 1.56. The summed E-state index contributed by atoms with van der Waals surface area (Å²) in [5.74, 6) is -0.0390. The summed E-state index contributed by atoms with van der Waals surface area (Å²) in [4.78, 5) is 18.8. The van der Waals surface area contributed by atoms with E-state index in [0.717, 1.165) is 18.4 Å². The van der Waals surface area contributed by atoms with E-state index in [1.54, 1.807) is 18.5 Å². The number of carbonyl (C=O) groups is 1. The lowest BCUT2D eigenvalue weighted by Crippen LogP contribution is -2.43. The van der Waals surface area contributed by atoms with Crippen molar-refractivity contribution < 1.29 is 14.3 Å². The second-order valence-electron chi connectivity index (χ2n) is 6.34. The second-order valence-corrected chi connectivity index (χ2v) is 6.34. The normalized spacial score (nSPS) is 25.6. The van der Waals surface area contributed by atoms with Crippen LogP contribution in [-0.2, 0) is 16.1 Å². The van der Waals surface area contributed by atoms with Crippen molar-refractivity contribution in [1.29, 1.82) is 0 Å². The highest BCUT2D eigenvalue weighted by Crippen LogP contribution is 2.32. The second kappa shape index (κ2) is 7.25. The van der Waals surface area contributed by atoms with Gasteiger partial charge in [-0.1, -0.05) is 6.07 Å². The van der Waals surface area contributed by atoms with Crippen LogP contribution in [0.4, 0.5) is 0 Å². The summed E-state index contributed by atoms with van der Waals surface area (Å²) < 4.78 is 12.0. The molecule has 2 aliphatic rings. The lowest BCUT2D eigenvalue weighted by molar-refractivity contribution is -0.0810. The molecule has 0 spiro atoms. The van der Waals surface area contributed by atoms with Crippen LogP contribution < -0.4 is 0 Å². The zero-order chi connectivity index (χ0) is 17.1. The highest BCUT2D eigenvalue weighted by molar-refractivity contribution is 5.94. The summed E-state index contributed by atoms with van der Waals surface area (Å²) in [7, 11) is 0. The molecule has 0 bridgehead atoms. The molecule has 4 rings (SSSR count). The molecule has 2 aromatic heterocycles. The molecule has 25 heavy (non-hydrogen) atoms. The summed E-state index contributed by atoms with van der Waals surface area (Å²) in [5, 5.41) is 7.55. The number of aromatic nitrogens is 3. The zero-order valence-corrected chi connectivity index (χ0v) is 13.8. The molecule has 0 radical (unpaired) electrons. The maximum absolute atomic E-state index is 12.9. The van der Waals surface area contributed by atoms with Crippen LogP contribution in [0.2, 0.25) is 0 Å². The maximum atomic E-state index is 12.9. The molecule has 7 heteroatoms. The molecule has 3 atom stereocenters. The highest BCUT2D eigenvalue weighted by atomic mass is 16.5. The zero-order valence-electron chi connectivity index (χ0n) is 13.8. The lowest BCUT2D eigenvalue weighted by atomic mass is 10.0. The Morgan fingerprint density at radius 2 is 2.24 bits per heavy atom. The van der Waals surface area contributed by atoms with Crippen LogP contribution in [0.3, 0.4) is 0 Å². The topological polar surface area (TPSA) is 77.4 Å². The first-order chi connectivity index (χ1) is 12.3. The molecule has 4 heterocycles. The fourth-order valence-corrected chi connectivity index (χ4v) is 3.56. The first-order valence-electron chi connectivity index (χ1n) is 8.53. The number of ether oxygens (including phenoxy) is 2. The number of pyridine rings is 1. The van der Waals surface area contributed by atoms with Crippen LogP contribution in [0.15, 0.2) is 43.0 Å². The van der Waals surface area contributed by atoms with Crippen molar-refractivity contribution in [3.05, 3.63) is 54.1 Å². The maximum Gasteiger partial charge on any atom is 0.255 e. The molecule has 0 N–H and O–H groups in total. The van der Waals surface area contributed by atoms with Gasteiger partial charge in [-0.05, 0) is 30.5 Å². The molecular weight excluding hydrogens is 320 g/mol. The van der Waals surface area contributed by atoms with Gasteiger partial charge in [0, 0.05) is 19.0 Å². The first kappa shape index (κ1) is 16.1. The summed E-state index contributed by atoms with van der Waals surface area (Å²) in [6.45, 7) is 1.70. The average Bonchev–Trinajstić information content (AvgIpc) is 3.06. The number of rotatable bonds is 4. The van der Waals surface area contributed by atoms with Gasteiger partial charge in [-0.15, -0.1) is 0 Å². The number of nitrogens with zero attached hydrogens (tertiary/aromatic N) is 4. The molecule has 0 saturated carbocycles. The van der Waals surface area contributed by atoms with E-state index >= 15 is 0 Å². The van der Waals surface area contributed by atoms with Crippen LogP contribution in [-0.4, -0.2) is 57.4 Å². The van der Waals surface area contributed by atoms with Crippen molar-refractivity contribution in [2.75, 3.05) is 13.2 Å². The van der Waals surface area contributed by atoms with E-state index in [2.05, 4.69) is 15.2 Å². The summed E-state index contributed by atoms with van der Waals surface area (Å²) in [6.07, 6.45) is 8.24. The molecule has 0 unspecified atom stereocenters. The smallest absolute Gasteiger partial charge is 0.255 e. The molecule has 2 aromatic rings. The quantitative estimate of drug-likeness (QED) is 0.839. The Morgan fingerprint density at radius 3 is 3.04 bits per heavy atom. The van der Waals surface area contributed by atoms with E-state index in [4.69, 9.17) is 9.47 Å². The van der Waals surface area contributed by atoms with Crippen LogP contribution in [0.25, 0.3) is 0 Å². The number of hydrogen-bond acceptors (Lipinski definition) is 6. The van der Waals surface area contributed by atoms with E-state index in [0.29, 0.717) is 25.3 Å². The molecule has 0 aliphatic carbocycles. The molecular formula is C18H20N4O3. The Balaban J connectivity index is 1.48. The minimum absolute atomic E-state index is 0.0390. The summed E-state index contributed by atoms with van der Waals surface area (Å²) >= 11 is 0. The van der Waals surface area contributed by atoms with Gasteiger partial charge >= 0.3 is 0 Å². The van der Waals surface area contributed by atoms with Crippen molar-refractivity contribution in [2.24, 2.45) is 0 Å². The van der Waals surface area contributed by atoms with Gasteiger partial charge in [0.25, 0.3) is 5.91 Å². The molecule has 0 aromatic carbocycles. The molecule has 2 aliphatic heterocycles. The number of likely N-dealkylation sites (tertiary alicyclic amines) is 1. The van der Waals surface area contributed by atoms with E-state index < -0.39 is 0 Å². The Labute approximate surface area is 146 Å². The van der Waals surface area contributed by atoms with Crippen molar-refractivity contribution in [1.82, 2.24) is 20.1 Å². The Kier molecular flexibility index (Phi) is 4.67. The van der Waals surface area contributed by atoms with Gasteiger partial charge in [-0.25, -0.2) is 0 Å². The molecule has 2 fully saturated rings. The average molecular weight is 340 g/mol. The largest absolute Gasteiger partial charge is 0.373 e. The van der Waals surface area contributed by atoms with Crippen molar-refractivity contribution in [2.45, 2.75) is 37.7 Å². The highest BCUT2D eigenvalue weighted by Gasteiger charge is 2.46. The summed E-state index contributed by atoms with van der Waals surface area (Å²) in [6, 6.07) is 5.61. The number of amides is 1. The fourth-order valence-electron chi connectivity index (χ4n) is 3.56. The van der Waals surface area contributed by atoms with Gasteiger partial charge in [0.05, 0.1) is 37.2 Å². The SMILES string of the molecule is O=C(c1ccnnc1)N1C[C@@H](OCc2cccnc2)[C@H]2OCCC[C@H]21. The fraction of sp³-hybridized carbons (Fsp3) is 0.444. The van der Waals surface area contributed by atoms with Gasteiger partial charge in [0.15, 0.2) is 0 Å². The Hall–Kier alpha value is -2.38. The molecule has 130 valence electrons. The van der Waals surface area contributed by atoms with Crippen molar-refractivity contribution in [3.8, 4) is 0 Å². The van der Waals surface area contributed by atoms with Gasteiger partial charge in [0.2, 0.25) is 0 Å². The van der Waals surface area contributed by atoms with Gasteiger partial charge in [0.1, 0.15) is 12.2 Å². The van der Waals surface area contributed by atoms with Crippen molar-refractivity contribution >= 4 is 5.91 Å². The van der Waals surface area contributed by atoms with Crippen LogP contribution in [0, 0.1) is 0 Å². The van der Waals surface area contributed by atoms with E-state index in [9.17, 15) is 4.79 Å². The van der Waals surface area contributed by atoms with Gasteiger partial charge < -0.3 is 14.4 Å². The third-order valence-corrected chi connectivity index (χ3v) is 4.76. The standard InChI is InChI=1S/C18H20N4O3/c23-18(14-5-7-20-21-10-14)22-11-16(17-15(22)4-2-8-24-17)25-12-13-3-1-6-19-9-13/h1,3,5-7,9-10,15-17H,2,4,8,11-12H2/t15-,16-,17+/m1/s1. The molecule has 7 nitrogen and oxygen atoms in total. The van der Waals surface area contributed by atoms with Crippen LogP contribution >= 0.6 is 0 Å².